The summed E-state index contributed by atoms with van der Waals surface area (Å²) < 4.78 is 2.16. The summed E-state index contributed by atoms with van der Waals surface area (Å²) in [7, 11) is 0. The van der Waals surface area contributed by atoms with Crippen molar-refractivity contribution in [1.82, 2.24) is 14.5 Å². The van der Waals surface area contributed by atoms with Gasteiger partial charge < -0.3 is 9.47 Å². The predicted octanol–water partition coefficient (Wildman–Crippen LogP) is 3.93. The molecule has 23 heavy (non-hydrogen) atoms. The predicted molar refractivity (Wildman–Crippen MR) is 96.3 cm³/mol. The van der Waals surface area contributed by atoms with Gasteiger partial charge in [0.1, 0.15) is 0 Å². The fourth-order valence-corrected chi connectivity index (χ4v) is 3.37. The van der Waals surface area contributed by atoms with E-state index in [1.807, 2.05) is 18.7 Å². The van der Waals surface area contributed by atoms with Gasteiger partial charge in [-0.1, -0.05) is 30.4 Å². The number of hydrogen-bond acceptors (Lipinski definition) is 2. The maximum Gasteiger partial charge on any atom is 0.0946 e. The lowest BCUT2D eigenvalue weighted by Gasteiger charge is -2.30. The molecule has 0 bridgehead atoms. The number of benzene rings is 1. The van der Waals surface area contributed by atoms with E-state index in [1.165, 1.54) is 42.6 Å². The molecule has 0 aliphatic carbocycles. The molecular weight excluding hydrogens is 282 g/mol. The molecule has 0 N–H and O–H groups in total. The zero-order chi connectivity index (χ0) is 16.1. The van der Waals surface area contributed by atoms with Crippen LogP contribution in [-0.4, -0.2) is 34.1 Å². The third-order valence-corrected chi connectivity index (χ3v) is 4.94. The molecule has 1 saturated heterocycles. The van der Waals surface area contributed by atoms with Crippen molar-refractivity contribution in [1.29, 1.82) is 0 Å². The second kappa shape index (κ2) is 7.60. The number of hydrogen-bond donors (Lipinski definition) is 0. The van der Waals surface area contributed by atoms with Crippen LogP contribution in [0.5, 0.6) is 0 Å². The molecule has 0 atom stereocenters. The molecule has 2 aromatic rings. The van der Waals surface area contributed by atoms with E-state index >= 15 is 0 Å². The topological polar surface area (TPSA) is 21.1 Å². The molecule has 0 unspecified atom stereocenters. The Labute approximate surface area is 139 Å². The smallest absolute Gasteiger partial charge is 0.0946 e. The number of piperidine rings is 1. The van der Waals surface area contributed by atoms with Gasteiger partial charge in [-0.05, 0) is 62.4 Å². The molecule has 122 valence electrons. The Kier molecular flexibility index (Phi) is 5.29. The van der Waals surface area contributed by atoms with E-state index in [2.05, 4.69) is 58.6 Å². The molecule has 3 nitrogen and oxygen atoms in total. The highest BCUT2D eigenvalue weighted by atomic mass is 15.2. The largest absolute Gasteiger partial charge is 0.336 e. The normalized spacial score (nSPS) is 17.1. The van der Waals surface area contributed by atoms with E-state index < -0.39 is 0 Å². The number of rotatable bonds is 5. The SMILES string of the molecule is Cc1cccc(C)c1/C=C/C1CCN(CCn2ccnc2)CC1. The van der Waals surface area contributed by atoms with Crippen LogP contribution in [0.3, 0.4) is 0 Å². The molecule has 3 rings (SSSR count). The fraction of sp³-hybridized carbons (Fsp3) is 0.450. The highest BCUT2D eigenvalue weighted by Gasteiger charge is 2.16. The Morgan fingerprint density at radius 3 is 2.52 bits per heavy atom. The lowest BCUT2D eigenvalue weighted by molar-refractivity contribution is 0.197. The van der Waals surface area contributed by atoms with E-state index in [9.17, 15) is 0 Å². The van der Waals surface area contributed by atoms with Gasteiger partial charge >= 0.3 is 0 Å². The van der Waals surface area contributed by atoms with E-state index in [1.54, 1.807) is 0 Å². The van der Waals surface area contributed by atoms with Crippen molar-refractivity contribution in [3.63, 3.8) is 0 Å². The maximum atomic E-state index is 4.10. The Morgan fingerprint density at radius 2 is 1.87 bits per heavy atom. The van der Waals surface area contributed by atoms with Gasteiger partial charge in [0.2, 0.25) is 0 Å². The number of aryl methyl sites for hydroxylation is 2. The number of imidazole rings is 1. The van der Waals surface area contributed by atoms with E-state index in [0.717, 1.165) is 19.0 Å². The highest BCUT2D eigenvalue weighted by Crippen LogP contribution is 2.22. The molecule has 2 heterocycles. The second-order valence-corrected chi connectivity index (χ2v) is 6.64. The summed E-state index contributed by atoms with van der Waals surface area (Å²) in [5, 5.41) is 0. The molecule has 0 amide bonds. The van der Waals surface area contributed by atoms with Crippen LogP contribution in [0.1, 0.15) is 29.5 Å². The van der Waals surface area contributed by atoms with Crippen LogP contribution in [0.4, 0.5) is 0 Å². The van der Waals surface area contributed by atoms with Gasteiger partial charge in [-0.15, -0.1) is 0 Å². The average Bonchev–Trinajstić information content (AvgIpc) is 3.07. The average molecular weight is 309 g/mol. The monoisotopic (exact) mass is 309 g/mol. The Hall–Kier alpha value is -1.87. The number of nitrogens with zero attached hydrogens (tertiary/aromatic N) is 3. The van der Waals surface area contributed by atoms with Crippen molar-refractivity contribution in [2.45, 2.75) is 33.2 Å². The molecule has 0 radical (unpaired) electrons. The number of allylic oxidation sites excluding steroid dienone is 1. The van der Waals surface area contributed by atoms with Crippen molar-refractivity contribution in [2.24, 2.45) is 5.92 Å². The van der Waals surface area contributed by atoms with E-state index in [-0.39, 0.29) is 0 Å². The van der Waals surface area contributed by atoms with Crippen molar-refractivity contribution in [2.75, 3.05) is 19.6 Å². The molecule has 1 aliphatic heterocycles. The van der Waals surface area contributed by atoms with Crippen molar-refractivity contribution in [3.8, 4) is 0 Å². The van der Waals surface area contributed by atoms with Gasteiger partial charge in [-0.3, -0.25) is 0 Å². The number of likely N-dealkylation sites (tertiary alicyclic amines) is 1. The first-order valence-electron chi connectivity index (χ1n) is 8.65. The van der Waals surface area contributed by atoms with Gasteiger partial charge in [0, 0.05) is 25.5 Å². The van der Waals surface area contributed by atoms with Crippen LogP contribution in [0.2, 0.25) is 0 Å². The lowest BCUT2D eigenvalue weighted by Crippen LogP contribution is -2.35. The van der Waals surface area contributed by atoms with Crippen LogP contribution in [0, 0.1) is 19.8 Å². The molecule has 1 fully saturated rings. The summed E-state index contributed by atoms with van der Waals surface area (Å²) in [6, 6.07) is 6.54. The van der Waals surface area contributed by atoms with Crippen molar-refractivity contribution >= 4 is 6.08 Å². The van der Waals surface area contributed by atoms with Gasteiger partial charge in [0.05, 0.1) is 6.33 Å². The van der Waals surface area contributed by atoms with Gasteiger partial charge in [0.25, 0.3) is 0 Å². The number of aromatic nitrogens is 2. The van der Waals surface area contributed by atoms with Crippen LogP contribution in [-0.2, 0) is 6.54 Å². The minimum atomic E-state index is 0.721. The molecule has 0 saturated carbocycles. The quantitative estimate of drug-likeness (QED) is 0.834. The first-order chi connectivity index (χ1) is 11.2. The molecule has 1 aromatic heterocycles. The van der Waals surface area contributed by atoms with Crippen LogP contribution >= 0.6 is 0 Å². The standard InChI is InChI=1S/C20H27N3/c1-17-4-3-5-18(2)20(17)7-6-19-8-11-22(12-9-19)14-15-23-13-10-21-16-23/h3-7,10,13,16,19H,8-9,11-12,14-15H2,1-2H3/b7-6+. The van der Waals surface area contributed by atoms with Gasteiger partial charge in [-0.2, -0.15) is 0 Å². The lowest BCUT2D eigenvalue weighted by atomic mass is 9.94. The van der Waals surface area contributed by atoms with Gasteiger partial charge in [-0.25, -0.2) is 4.98 Å². The summed E-state index contributed by atoms with van der Waals surface area (Å²) >= 11 is 0. The summed E-state index contributed by atoms with van der Waals surface area (Å²) in [6.45, 7) is 8.98. The first kappa shape index (κ1) is 16.0. The fourth-order valence-electron chi connectivity index (χ4n) is 3.37. The molecule has 3 heteroatoms. The first-order valence-corrected chi connectivity index (χ1v) is 8.65. The summed E-state index contributed by atoms with van der Waals surface area (Å²) in [4.78, 5) is 6.67. The molecule has 0 spiro atoms. The summed E-state index contributed by atoms with van der Waals surface area (Å²) in [5.74, 6) is 0.721. The van der Waals surface area contributed by atoms with E-state index in [0.29, 0.717) is 0 Å². The van der Waals surface area contributed by atoms with Crippen molar-refractivity contribution in [3.05, 3.63) is 59.7 Å². The van der Waals surface area contributed by atoms with Crippen LogP contribution in [0.25, 0.3) is 6.08 Å². The van der Waals surface area contributed by atoms with Gasteiger partial charge in [0.15, 0.2) is 0 Å². The molecular formula is C20H27N3. The Morgan fingerprint density at radius 1 is 1.13 bits per heavy atom. The Bertz CT molecular complexity index is 615. The molecule has 1 aromatic carbocycles. The summed E-state index contributed by atoms with van der Waals surface area (Å²) in [6.07, 6.45) is 13.1. The third-order valence-electron chi connectivity index (χ3n) is 4.94. The van der Waals surface area contributed by atoms with E-state index in [4.69, 9.17) is 0 Å². The Balaban J connectivity index is 1.48. The zero-order valence-corrected chi connectivity index (χ0v) is 14.3. The second-order valence-electron chi connectivity index (χ2n) is 6.64. The van der Waals surface area contributed by atoms with Crippen LogP contribution < -0.4 is 0 Å². The van der Waals surface area contributed by atoms with Crippen molar-refractivity contribution < 1.29 is 0 Å². The molecule has 1 aliphatic rings. The summed E-state index contributed by atoms with van der Waals surface area (Å²) in [5.41, 5.74) is 4.15. The minimum absolute atomic E-state index is 0.721. The van der Waals surface area contributed by atoms with Crippen LogP contribution in [0.15, 0.2) is 43.0 Å². The highest BCUT2D eigenvalue weighted by molar-refractivity contribution is 5.57. The zero-order valence-electron chi connectivity index (χ0n) is 14.3. The third kappa shape index (κ3) is 4.32. The maximum absolute atomic E-state index is 4.10. The minimum Gasteiger partial charge on any atom is -0.336 e.